The minimum Gasteiger partial charge on any atom is -0.508 e. The summed E-state index contributed by atoms with van der Waals surface area (Å²) in [5.74, 6) is -0.0290. The minimum absolute atomic E-state index is 0.00560. The van der Waals surface area contributed by atoms with Gasteiger partial charge in [-0.25, -0.2) is 0 Å². The molecule has 2 unspecified atom stereocenters. The Morgan fingerprint density at radius 3 is 1.21 bits per heavy atom. The van der Waals surface area contributed by atoms with E-state index < -0.39 is 23.9 Å². The van der Waals surface area contributed by atoms with Crippen molar-refractivity contribution < 1.29 is 50.0 Å². The normalized spacial score (nSPS) is 12.4. The summed E-state index contributed by atoms with van der Waals surface area (Å²) in [4.78, 5) is 14.4. The van der Waals surface area contributed by atoms with Crippen molar-refractivity contribution in [1.82, 2.24) is 0 Å². The Morgan fingerprint density at radius 1 is 0.368 bits per heavy atom. The predicted octanol–water partition coefficient (Wildman–Crippen LogP) is 14.2. The van der Waals surface area contributed by atoms with Gasteiger partial charge < -0.3 is 50.0 Å². The van der Waals surface area contributed by atoms with Gasteiger partial charge in [0.2, 0.25) is 0 Å². The summed E-state index contributed by atoms with van der Waals surface area (Å²) in [5, 5.41) is 77.2. The monoisotopic (exact) mass is 1050 g/mol. The third-order valence-corrected chi connectivity index (χ3v) is 12.9. The molecule has 0 heterocycles. The lowest BCUT2D eigenvalue weighted by molar-refractivity contribution is 0.373. The van der Waals surface area contributed by atoms with Crippen LogP contribution in [0.3, 0.4) is 0 Å². The number of halogens is 2. The highest BCUT2D eigenvalue weighted by Gasteiger charge is 2.26. The number of aromatic hydroxyl groups is 7. The van der Waals surface area contributed by atoms with E-state index in [9.17, 15) is 35.7 Å². The Labute approximate surface area is 447 Å². The van der Waals surface area contributed by atoms with Crippen molar-refractivity contribution in [2.75, 3.05) is 7.11 Å². The van der Waals surface area contributed by atoms with Gasteiger partial charge >= 0.3 is 0 Å². The van der Waals surface area contributed by atoms with Gasteiger partial charge in [0.05, 0.1) is 12.1 Å². The molecule has 0 aliphatic rings. The lowest BCUT2D eigenvalue weighted by Gasteiger charge is -2.21. The second-order valence-corrected chi connectivity index (χ2v) is 17.9. The average Bonchev–Trinajstić information content (AvgIpc) is 3.42. The van der Waals surface area contributed by atoms with Crippen molar-refractivity contribution in [2.24, 2.45) is 15.0 Å². The first kappa shape index (κ1) is 51.5. The van der Waals surface area contributed by atoms with Crippen LogP contribution in [0.4, 0.5) is 0 Å². The molecule has 0 bridgehead atoms. The molecule has 7 N–H and O–H groups in total. The Kier molecular flexibility index (Phi) is 15.7. The zero-order valence-electron chi connectivity index (χ0n) is 40.3. The predicted molar refractivity (Wildman–Crippen MR) is 295 cm³/mol. The number of phenols is 7. The Bertz CT molecular complexity index is 3620. The number of methoxy groups -OCH3 is 1. The Balaban J connectivity index is 1.03. The first-order valence-electron chi connectivity index (χ1n) is 23.5. The Hall–Kier alpha value is -9.43. The van der Waals surface area contributed by atoms with Gasteiger partial charge in [0.1, 0.15) is 74.9 Å². The van der Waals surface area contributed by atoms with E-state index in [1.165, 1.54) is 62.2 Å². The summed E-state index contributed by atoms with van der Waals surface area (Å²) in [6.45, 7) is 0. The molecule has 0 saturated heterocycles. The van der Waals surface area contributed by atoms with Crippen LogP contribution in [0.5, 0.6) is 69.0 Å². The smallest absolute Gasteiger partial charge is 0.173 e. The molecule has 0 aromatic heterocycles. The highest BCUT2D eigenvalue weighted by atomic mass is 35.5. The number of nitrogens with zero attached hydrogens (tertiary/aromatic N) is 3. The van der Waals surface area contributed by atoms with Gasteiger partial charge in [-0.2, -0.15) is 0 Å². The van der Waals surface area contributed by atoms with E-state index >= 15 is 0 Å². The molecular weight excluding hydrogens is 1010 g/mol. The number of ether oxygens (including phenoxy) is 3. The number of para-hydroxylation sites is 7. The molecule has 0 spiro atoms. The molecule has 0 saturated carbocycles. The number of hydrogen-bond acceptors (Lipinski definition) is 13. The number of aliphatic imine (C=N–C) groups is 3. The second-order valence-electron chi connectivity index (χ2n) is 17.1. The number of rotatable bonds is 17. The van der Waals surface area contributed by atoms with E-state index in [0.29, 0.717) is 38.9 Å². The summed E-state index contributed by atoms with van der Waals surface area (Å²) in [6.07, 6.45) is 4.28. The van der Waals surface area contributed by atoms with E-state index in [-0.39, 0.29) is 84.4 Å². The van der Waals surface area contributed by atoms with Crippen LogP contribution in [-0.4, -0.2) is 61.5 Å². The fourth-order valence-electron chi connectivity index (χ4n) is 8.46. The van der Waals surface area contributed by atoms with Crippen molar-refractivity contribution in [3.8, 4) is 69.0 Å². The molecule has 0 fully saturated rings. The number of hydrogen-bond donors (Lipinski definition) is 7. The summed E-state index contributed by atoms with van der Waals surface area (Å²) in [7, 11) is 1.44. The molecule has 2 atom stereocenters. The number of benzene rings is 9. The fraction of sp³-hybridized carbons (Fsp3) is 0.0656. The van der Waals surface area contributed by atoms with Crippen LogP contribution >= 0.6 is 23.2 Å². The lowest BCUT2D eigenvalue weighted by atomic mass is 9.97. The largest absolute Gasteiger partial charge is 0.508 e. The summed E-state index contributed by atoms with van der Waals surface area (Å²) in [5.41, 5.74) is 3.43. The molecule has 9 aromatic rings. The zero-order valence-corrected chi connectivity index (χ0v) is 41.8. The van der Waals surface area contributed by atoms with Gasteiger partial charge in [-0.05, 0) is 60.7 Å². The van der Waals surface area contributed by atoms with Crippen molar-refractivity contribution in [2.45, 2.75) is 18.1 Å². The maximum absolute atomic E-state index is 11.7. The highest BCUT2D eigenvalue weighted by molar-refractivity contribution is 6.38. The van der Waals surface area contributed by atoms with Crippen LogP contribution in [0, 0.1) is 0 Å². The van der Waals surface area contributed by atoms with Crippen molar-refractivity contribution in [3.05, 3.63) is 248 Å². The second kappa shape index (κ2) is 23.2. The molecule has 380 valence electrons. The maximum Gasteiger partial charge on any atom is 0.173 e. The molecule has 9 aromatic carbocycles. The van der Waals surface area contributed by atoms with Crippen LogP contribution in [0.1, 0.15) is 68.2 Å². The summed E-state index contributed by atoms with van der Waals surface area (Å²) >= 11 is 13.8. The number of phenolic OH excluding ortho intramolecular Hbond substituents is 7. The van der Waals surface area contributed by atoms with Crippen LogP contribution in [0.25, 0.3) is 0 Å². The molecule has 76 heavy (non-hydrogen) atoms. The molecule has 9 rings (SSSR count). The van der Waals surface area contributed by atoms with Crippen LogP contribution < -0.4 is 14.2 Å². The van der Waals surface area contributed by atoms with E-state index in [4.69, 9.17) is 52.4 Å². The van der Waals surface area contributed by atoms with Gasteiger partial charge in [-0.1, -0.05) is 145 Å². The standard InChI is InChI=1S/C61H47Cl2N3O10/c1-74-54-31-37(34-65-57(39-17-3-10-24-47(39)68)40-18-4-11-25-48(40)69)51(72)32-55(54)75-52-28-14-7-21-43(52)58(41-19-5-12-26-49(41)70)66-35-38-30-45(62)61(56(63)60(38)73)76-53-29-15-8-22-44(53)59(42-20-6-13-27-50(42)71)64-33-36-16-2-9-23-46(36)67/h2-35,57-59,67-73H,1H3/b64-33+,65-34+,66-35+. The van der Waals surface area contributed by atoms with E-state index in [2.05, 4.69) is 0 Å². The SMILES string of the molecule is COc1cc(/C=N/C(c2ccccc2O)c2ccccc2O)c(O)cc1Oc1ccccc1C(/N=C/c1cc(Cl)c(Oc2ccccc2C(/N=C/c2ccccc2O)c2ccccc2O)c(Cl)c1O)c1ccccc1O. The maximum atomic E-state index is 11.7. The van der Waals surface area contributed by atoms with Gasteiger partial charge in [0.25, 0.3) is 0 Å². The van der Waals surface area contributed by atoms with Crippen LogP contribution in [0.2, 0.25) is 10.0 Å². The lowest BCUT2D eigenvalue weighted by Crippen LogP contribution is -2.04. The van der Waals surface area contributed by atoms with E-state index in [0.717, 1.165) is 0 Å². The minimum atomic E-state index is -0.978. The van der Waals surface area contributed by atoms with Crippen molar-refractivity contribution in [1.29, 1.82) is 0 Å². The third kappa shape index (κ3) is 11.2. The van der Waals surface area contributed by atoms with Gasteiger partial charge in [-0.3, -0.25) is 15.0 Å². The zero-order chi connectivity index (χ0) is 53.3. The van der Waals surface area contributed by atoms with E-state index in [1.54, 1.807) is 152 Å². The fourth-order valence-corrected chi connectivity index (χ4v) is 9.01. The molecule has 0 aliphatic heterocycles. The highest BCUT2D eigenvalue weighted by Crippen LogP contribution is 2.48. The van der Waals surface area contributed by atoms with Crippen molar-refractivity contribution in [3.63, 3.8) is 0 Å². The molecule has 0 aliphatic carbocycles. The summed E-state index contributed by atoms with van der Waals surface area (Å²) in [6, 6.07) is 48.9. The van der Waals surface area contributed by atoms with Crippen LogP contribution in [0.15, 0.2) is 203 Å². The molecular formula is C61H47Cl2N3O10. The first-order chi connectivity index (χ1) is 36.9. The van der Waals surface area contributed by atoms with Gasteiger partial charge in [-0.15, -0.1) is 0 Å². The first-order valence-corrected chi connectivity index (χ1v) is 24.3. The molecule has 0 amide bonds. The van der Waals surface area contributed by atoms with Gasteiger partial charge in [0.15, 0.2) is 17.2 Å². The van der Waals surface area contributed by atoms with Crippen molar-refractivity contribution >= 4 is 41.8 Å². The quantitative estimate of drug-likeness (QED) is 0.0430. The molecule has 13 nitrogen and oxygen atoms in total. The van der Waals surface area contributed by atoms with Gasteiger partial charge in [0, 0.05) is 74.8 Å². The topological polar surface area (TPSA) is 206 Å². The Morgan fingerprint density at radius 2 is 0.750 bits per heavy atom. The third-order valence-electron chi connectivity index (χ3n) is 12.3. The summed E-state index contributed by atoms with van der Waals surface area (Å²) < 4.78 is 18.7. The molecule has 0 radical (unpaired) electrons. The average molecular weight is 1050 g/mol. The van der Waals surface area contributed by atoms with E-state index in [1.807, 2.05) is 0 Å². The van der Waals surface area contributed by atoms with Crippen LogP contribution in [-0.2, 0) is 0 Å². The molecule has 15 heteroatoms.